The Hall–Kier alpha value is -9.49. The van der Waals surface area contributed by atoms with Crippen LogP contribution in [0.25, 0.3) is 38.7 Å². The third kappa shape index (κ3) is 19.3. The summed E-state index contributed by atoms with van der Waals surface area (Å²) < 4.78 is 61.2. The monoisotopic (exact) mass is 1300 g/mol. The number of carbonyl (C=O) groups is 5. The molecule has 0 unspecified atom stereocenters. The quantitative estimate of drug-likeness (QED) is 0.00925. The second-order valence-corrected chi connectivity index (χ2v) is 26.8. The SMILES string of the molecule is C=CC[C@H](NC(=O)[C@@H](CCCN=C(N)NS(=O)(=O)c1c(C)c(C)c2c(c1C)CCC(C)(C)O2)CC(=O)[C@@H](CCCCNC(=O)OC(C)(C)C)NC(=O)COc1ccc2ccccc2c1-c1c(OC/C=C/c2ccccc2)ccc2ccccc12)C(=O)OCc1ccccc1. The first-order valence-electron chi connectivity index (χ1n) is 32.0. The van der Waals surface area contributed by atoms with Crippen molar-refractivity contribution in [1.82, 2.24) is 20.7 Å². The molecule has 8 rings (SSSR count). The van der Waals surface area contributed by atoms with Crippen molar-refractivity contribution < 1.29 is 56.1 Å². The summed E-state index contributed by atoms with van der Waals surface area (Å²) in [6.45, 7) is 18.2. The first kappa shape index (κ1) is 70.4. The zero-order valence-electron chi connectivity index (χ0n) is 55.1. The Balaban J connectivity index is 1.04. The normalized spacial score (nSPS) is 14.0. The van der Waals surface area contributed by atoms with Crippen LogP contribution in [-0.2, 0) is 51.7 Å². The average Bonchev–Trinajstić information content (AvgIpc) is 0.758. The molecule has 18 nitrogen and oxygen atoms in total. The second-order valence-electron chi connectivity index (χ2n) is 25.2. The Labute approximate surface area is 552 Å². The number of alkyl carbamates (subject to hydrolysis) is 1. The van der Waals surface area contributed by atoms with E-state index in [0.29, 0.717) is 65.2 Å². The molecule has 7 aromatic carbocycles. The average molecular weight is 1300 g/mol. The van der Waals surface area contributed by atoms with E-state index in [2.05, 4.69) is 32.2 Å². The molecule has 1 aliphatic heterocycles. The van der Waals surface area contributed by atoms with Crippen molar-refractivity contribution in [1.29, 1.82) is 0 Å². The van der Waals surface area contributed by atoms with Crippen molar-refractivity contribution in [2.24, 2.45) is 16.6 Å². The van der Waals surface area contributed by atoms with Gasteiger partial charge in [0.2, 0.25) is 11.9 Å². The smallest absolute Gasteiger partial charge is 0.407 e. The number of esters is 1. The van der Waals surface area contributed by atoms with Crippen LogP contribution in [0.5, 0.6) is 17.2 Å². The number of ketones is 1. The summed E-state index contributed by atoms with van der Waals surface area (Å²) in [7, 11) is -4.25. The number of carbonyl (C=O) groups excluding carboxylic acids is 5. The fraction of sp³-hybridized carbons (Fsp3) is 0.360. The van der Waals surface area contributed by atoms with Gasteiger partial charge in [0.05, 0.1) is 10.9 Å². The van der Waals surface area contributed by atoms with Gasteiger partial charge in [-0.25, -0.2) is 22.7 Å². The maximum Gasteiger partial charge on any atom is 0.407 e. The van der Waals surface area contributed by atoms with E-state index in [0.717, 1.165) is 43.8 Å². The number of fused-ring (bicyclic) bond motifs is 3. The largest absolute Gasteiger partial charge is 0.489 e. The van der Waals surface area contributed by atoms with E-state index < -0.39 is 81.9 Å². The Bertz CT molecular complexity index is 4030. The maximum absolute atomic E-state index is 15.0. The van der Waals surface area contributed by atoms with Crippen molar-refractivity contribution in [2.75, 3.05) is 26.3 Å². The Kier molecular flexibility index (Phi) is 24.2. The lowest BCUT2D eigenvalue weighted by Crippen LogP contribution is -2.47. The first-order chi connectivity index (χ1) is 44.9. The summed E-state index contributed by atoms with van der Waals surface area (Å²) >= 11 is 0. The van der Waals surface area contributed by atoms with Gasteiger partial charge in [-0.1, -0.05) is 133 Å². The number of ether oxygens (including phenoxy) is 5. The molecular formula is C75H88N6O12S. The Morgan fingerprint density at radius 3 is 2.02 bits per heavy atom. The molecule has 7 aromatic rings. The van der Waals surface area contributed by atoms with Crippen LogP contribution in [0.1, 0.15) is 119 Å². The zero-order chi connectivity index (χ0) is 67.6. The van der Waals surface area contributed by atoms with E-state index in [1.54, 1.807) is 46.8 Å². The number of rotatable bonds is 30. The molecule has 1 heterocycles. The van der Waals surface area contributed by atoms with Gasteiger partial charge in [-0.2, -0.15) is 0 Å². The molecule has 3 amide bonds. The van der Waals surface area contributed by atoms with Crippen LogP contribution in [0, 0.1) is 26.7 Å². The topological polar surface area (TPSA) is 252 Å². The minimum Gasteiger partial charge on any atom is -0.489 e. The van der Waals surface area contributed by atoms with E-state index in [-0.39, 0.29) is 62.8 Å². The molecule has 1 aliphatic rings. The number of benzene rings is 7. The van der Waals surface area contributed by atoms with E-state index >= 15 is 0 Å². The molecule has 496 valence electrons. The molecule has 94 heavy (non-hydrogen) atoms. The van der Waals surface area contributed by atoms with Gasteiger partial charge in [-0.15, -0.1) is 6.58 Å². The van der Waals surface area contributed by atoms with Crippen LogP contribution in [0.4, 0.5) is 4.79 Å². The number of amides is 3. The maximum atomic E-state index is 15.0. The van der Waals surface area contributed by atoms with Crippen LogP contribution in [-0.4, -0.2) is 93.6 Å². The third-order valence-electron chi connectivity index (χ3n) is 16.4. The summed E-state index contributed by atoms with van der Waals surface area (Å²) in [4.78, 5) is 74.8. The molecule has 0 fully saturated rings. The van der Waals surface area contributed by atoms with Gasteiger partial charge in [0.1, 0.15) is 47.7 Å². The number of aliphatic imine (C=N–C) groups is 1. The standard InChI is InChI=1S/C75H88N6O12S/c1-10-25-61(71(85)91-47-53-28-15-12-16-29-53)80-70(84)56(33-23-44-77-72(76)81-94(87,88)69-50(3)49(2)68-57(51(69)4)41-42-75(8,9)92-68)46-62(82)60(36-21-22-43-78-73(86)93-74(5,6)7)79-65(83)48-90-64-40-38-55-32-18-20-35-59(55)67(64)66-58-34-19-17-31-54(58)37-39-63(66)89-45-24-30-52-26-13-11-14-27-52/h10-20,24,26-32,34-35,37-40,56,60-61H,1,21-23,25,33,36,41-48H2,2-9H3,(H,78,86)(H,79,83)(H,80,84)(H3,76,77,81)/b30-24+/t56-,60+,61-/m0/s1. The molecule has 0 spiro atoms. The molecule has 0 aliphatic carbocycles. The van der Waals surface area contributed by atoms with Crippen LogP contribution in [0.3, 0.4) is 0 Å². The Morgan fingerprint density at radius 1 is 0.745 bits per heavy atom. The summed E-state index contributed by atoms with van der Waals surface area (Å²) in [5.74, 6) is -2.33. The minimum absolute atomic E-state index is 0.00453. The van der Waals surface area contributed by atoms with Gasteiger partial charge in [-0.3, -0.25) is 19.4 Å². The van der Waals surface area contributed by atoms with E-state index in [1.165, 1.54) is 6.08 Å². The van der Waals surface area contributed by atoms with Crippen molar-refractivity contribution >= 4 is 73.3 Å². The summed E-state index contributed by atoms with van der Waals surface area (Å²) in [5.41, 5.74) is 11.0. The number of unbranched alkanes of at least 4 members (excludes halogenated alkanes) is 1. The van der Waals surface area contributed by atoms with E-state index in [4.69, 9.17) is 29.4 Å². The molecule has 0 saturated heterocycles. The van der Waals surface area contributed by atoms with Crippen molar-refractivity contribution in [3.05, 3.63) is 186 Å². The van der Waals surface area contributed by atoms with E-state index in [9.17, 15) is 32.4 Å². The third-order valence-corrected chi connectivity index (χ3v) is 18.0. The number of nitrogens with zero attached hydrogens (tertiary/aromatic N) is 1. The Morgan fingerprint density at radius 2 is 1.37 bits per heavy atom. The molecule has 19 heteroatoms. The fourth-order valence-electron chi connectivity index (χ4n) is 11.5. The molecule has 6 N–H and O–H groups in total. The van der Waals surface area contributed by atoms with E-state index in [1.807, 2.05) is 154 Å². The molecular weight excluding hydrogens is 1210 g/mol. The first-order valence-corrected chi connectivity index (χ1v) is 33.5. The lowest BCUT2D eigenvalue weighted by molar-refractivity contribution is -0.149. The van der Waals surface area contributed by atoms with Crippen molar-refractivity contribution in [3.63, 3.8) is 0 Å². The fourth-order valence-corrected chi connectivity index (χ4v) is 13.1. The van der Waals surface area contributed by atoms with Gasteiger partial charge in [0, 0.05) is 36.6 Å². The van der Waals surface area contributed by atoms with Crippen LogP contribution >= 0.6 is 0 Å². The predicted octanol–water partition coefficient (Wildman–Crippen LogP) is 12.8. The number of sulfonamides is 1. The molecule has 0 saturated carbocycles. The minimum atomic E-state index is -4.25. The highest BCUT2D eigenvalue weighted by atomic mass is 32.2. The number of nitrogens with one attached hydrogen (secondary N) is 4. The van der Waals surface area contributed by atoms with Gasteiger partial charge < -0.3 is 45.4 Å². The van der Waals surface area contributed by atoms with Crippen LogP contribution in [0.2, 0.25) is 0 Å². The molecule has 0 bridgehead atoms. The molecule has 0 aromatic heterocycles. The lowest BCUT2D eigenvalue weighted by Gasteiger charge is -2.35. The lowest BCUT2D eigenvalue weighted by atomic mass is 9.88. The van der Waals surface area contributed by atoms with Gasteiger partial charge in [0.15, 0.2) is 12.4 Å². The summed E-state index contributed by atoms with van der Waals surface area (Å²) in [5, 5.41) is 12.1. The predicted molar refractivity (Wildman–Crippen MR) is 369 cm³/mol. The van der Waals surface area contributed by atoms with Crippen molar-refractivity contribution in [2.45, 2.75) is 148 Å². The second kappa shape index (κ2) is 32.4. The highest BCUT2D eigenvalue weighted by Crippen LogP contribution is 2.46. The zero-order valence-corrected chi connectivity index (χ0v) is 55.9. The highest BCUT2D eigenvalue weighted by Gasteiger charge is 2.35. The van der Waals surface area contributed by atoms with Crippen LogP contribution < -0.4 is 40.6 Å². The number of hydrogen-bond acceptors (Lipinski definition) is 13. The summed E-state index contributed by atoms with van der Waals surface area (Å²) in [6.07, 6.45) is 6.72. The highest BCUT2D eigenvalue weighted by molar-refractivity contribution is 7.90. The number of guanidine groups is 1. The van der Waals surface area contributed by atoms with Crippen LogP contribution in [0.15, 0.2) is 162 Å². The van der Waals surface area contributed by atoms with Gasteiger partial charge in [-0.05, 0) is 180 Å². The van der Waals surface area contributed by atoms with Gasteiger partial charge >= 0.3 is 12.1 Å². The summed E-state index contributed by atoms with van der Waals surface area (Å²) in [6, 6.07) is 40.1. The number of nitrogens with two attached hydrogens (primary N) is 1. The van der Waals surface area contributed by atoms with Crippen molar-refractivity contribution in [3.8, 4) is 28.4 Å². The van der Waals surface area contributed by atoms with Gasteiger partial charge in [0.25, 0.3) is 15.9 Å². The number of Topliss-reactive ketones (excluding diaryl/α,β-unsaturated/α-hetero) is 1. The molecule has 3 atom stereocenters. The number of hydrogen-bond donors (Lipinski definition) is 5. The molecule has 0 radical (unpaired) electrons.